The Morgan fingerprint density at radius 1 is 0.938 bits per heavy atom. The number of rotatable bonds is 2. The first-order valence-corrected chi connectivity index (χ1v) is 6.38. The van der Waals surface area contributed by atoms with Crippen molar-refractivity contribution in [3.05, 3.63) is 29.3 Å². The predicted molar refractivity (Wildman–Crippen MR) is 68.0 cm³/mol. The Balaban J connectivity index is 1.98. The Morgan fingerprint density at radius 2 is 1.50 bits per heavy atom. The van der Waals surface area contributed by atoms with E-state index in [1.807, 2.05) is 0 Å². The quantitative estimate of drug-likeness (QED) is 0.720. The molecule has 0 atom stereocenters. The van der Waals surface area contributed by atoms with Crippen LogP contribution in [0.4, 0.5) is 0 Å². The highest BCUT2D eigenvalue weighted by atomic mass is 16.5. The SMILES string of the molecule is Cc1cc(C)cc(OC2CCC(C)CC2)c1. The molecule has 0 spiro atoms. The van der Waals surface area contributed by atoms with E-state index in [0.717, 1.165) is 11.7 Å². The summed E-state index contributed by atoms with van der Waals surface area (Å²) in [4.78, 5) is 0. The first-order chi connectivity index (χ1) is 7.63. The maximum absolute atomic E-state index is 6.07. The van der Waals surface area contributed by atoms with E-state index in [0.29, 0.717) is 6.10 Å². The summed E-state index contributed by atoms with van der Waals surface area (Å²) in [7, 11) is 0. The van der Waals surface area contributed by atoms with Gasteiger partial charge in [0.1, 0.15) is 5.75 Å². The second-order valence-electron chi connectivity index (χ2n) is 5.32. The molecule has 88 valence electrons. The van der Waals surface area contributed by atoms with Gasteiger partial charge in [0.25, 0.3) is 0 Å². The van der Waals surface area contributed by atoms with Crippen molar-refractivity contribution in [1.82, 2.24) is 0 Å². The fourth-order valence-corrected chi connectivity index (χ4v) is 2.54. The maximum atomic E-state index is 6.07. The van der Waals surface area contributed by atoms with Gasteiger partial charge in [-0.1, -0.05) is 13.0 Å². The topological polar surface area (TPSA) is 9.23 Å². The summed E-state index contributed by atoms with van der Waals surface area (Å²) in [6.07, 6.45) is 5.50. The molecule has 0 N–H and O–H groups in total. The van der Waals surface area contributed by atoms with Crippen molar-refractivity contribution in [3.63, 3.8) is 0 Å². The lowest BCUT2D eigenvalue weighted by molar-refractivity contribution is 0.135. The molecular formula is C15H22O. The standard InChI is InChI=1S/C15H22O/c1-11-4-6-14(7-5-11)16-15-9-12(2)8-13(3)10-15/h8-11,14H,4-7H2,1-3H3. The van der Waals surface area contributed by atoms with Crippen molar-refractivity contribution in [3.8, 4) is 5.75 Å². The summed E-state index contributed by atoms with van der Waals surface area (Å²) in [5.74, 6) is 1.94. The molecule has 0 unspecified atom stereocenters. The Kier molecular flexibility index (Phi) is 3.52. The summed E-state index contributed by atoms with van der Waals surface area (Å²) in [5, 5.41) is 0. The van der Waals surface area contributed by atoms with Crippen LogP contribution in [0, 0.1) is 19.8 Å². The summed E-state index contributed by atoms with van der Waals surface area (Å²) in [6, 6.07) is 6.48. The molecule has 1 aromatic carbocycles. The minimum atomic E-state index is 0.442. The highest BCUT2D eigenvalue weighted by Crippen LogP contribution is 2.27. The first-order valence-electron chi connectivity index (χ1n) is 6.38. The van der Waals surface area contributed by atoms with Crippen LogP contribution < -0.4 is 4.74 Å². The third-order valence-corrected chi connectivity index (χ3v) is 3.46. The van der Waals surface area contributed by atoms with Crippen LogP contribution in [0.2, 0.25) is 0 Å². The minimum absolute atomic E-state index is 0.442. The molecule has 0 amide bonds. The van der Waals surface area contributed by atoms with Gasteiger partial charge in [0.05, 0.1) is 6.10 Å². The minimum Gasteiger partial charge on any atom is -0.490 e. The zero-order valence-corrected chi connectivity index (χ0v) is 10.6. The molecule has 0 bridgehead atoms. The molecule has 0 aromatic heterocycles. The monoisotopic (exact) mass is 218 g/mol. The maximum Gasteiger partial charge on any atom is 0.120 e. The van der Waals surface area contributed by atoms with Crippen molar-refractivity contribution < 1.29 is 4.74 Å². The number of hydrogen-bond donors (Lipinski definition) is 0. The molecule has 0 aliphatic heterocycles. The molecule has 1 aliphatic rings. The molecule has 16 heavy (non-hydrogen) atoms. The third kappa shape index (κ3) is 3.01. The molecule has 0 heterocycles. The van der Waals surface area contributed by atoms with Gasteiger partial charge in [-0.05, 0) is 68.7 Å². The Hall–Kier alpha value is -0.980. The fraction of sp³-hybridized carbons (Fsp3) is 0.600. The lowest BCUT2D eigenvalue weighted by atomic mass is 9.89. The molecule has 1 fully saturated rings. The predicted octanol–water partition coefficient (Wildman–Crippen LogP) is 4.26. The fourth-order valence-electron chi connectivity index (χ4n) is 2.54. The highest BCUT2D eigenvalue weighted by molar-refractivity contribution is 5.33. The van der Waals surface area contributed by atoms with E-state index >= 15 is 0 Å². The second-order valence-corrected chi connectivity index (χ2v) is 5.32. The summed E-state index contributed by atoms with van der Waals surface area (Å²) in [6.45, 7) is 6.60. The van der Waals surface area contributed by atoms with Gasteiger partial charge in [-0.2, -0.15) is 0 Å². The van der Waals surface area contributed by atoms with Crippen LogP contribution in [0.25, 0.3) is 0 Å². The highest BCUT2D eigenvalue weighted by Gasteiger charge is 2.19. The smallest absolute Gasteiger partial charge is 0.120 e. The van der Waals surface area contributed by atoms with Gasteiger partial charge in [-0.25, -0.2) is 0 Å². The van der Waals surface area contributed by atoms with Crippen molar-refractivity contribution in [1.29, 1.82) is 0 Å². The lowest BCUT2D eigenvalue weighted by Gasteiger charge is -2.27. The van der Waals surface area contributed by atoms with Crippen molar-refractivity contribution in [2.75, 3.05) is 0 Å². The normalized spacial score (nSPS) is 25.4. The van der Waals surface area contributed by atoms with Crippen molar-refractivity contribution in [2.45, 2.75) is 52.6 Å². The number of hydrogen-bond acceptors (Lipinski definition) is 1. The molecule has 1 aliphatic carbocycles. The van der Waals surface area contributed by atoms with E-state index in [-0.39, 0.29) is 0 Å². The molecule has 0 saturated heterocycles. The Labute approximate surface area is 98.8 Å². The molecule has 0 radical (unpaired) electrons. The molecule has 1 saturated carbocycles. The van der Waals surface area contributed by atoms with Crippen LogP contribution in [0.5, 0.6) is 5.75 Å². The average Bonchev–Trinajstić information content (AvgIpc) is 2.20. The van der Waals surface area contributed by atoms with Gasteiger partial charge < -0.3 is 4.74 Å². The van der Waals surface area contributed by atoms with Gasteiger partial charge >= 0.3 is 0 Å². The van der Waals surface area contributed by atoms with E-state index in [1.165, 1.54) is 36.8 Å². The van der Waals surface area contributed by atoms with E-state index in [4.69, 9.17) is 4.74 Å². The van der Waals surface area contributed by atoms with E-state index in [1.54, 1.807) is 0 Å². The van der Waals surface area contributed by atoms with Crippen LogP contribution >= 0.6 is 0 Å². The molecule has 2 rings (SSSR count). The first kappa shape index (κ1) is 11.5. The second kappa shape index (κ2) is 4.90. The summed E-state index contributed by atoms with van der Waals surface area (Å²) in [5.41, 5.74) is 2.58. The molecule has 1 nitrogen and oxygen atoms in total. The average molecular weight is 218 g/mol. The molecule has 1 aromatic rings. The van der Waals surface area contributed by atoms with Crippen LogP contribution in [0.15, 0.2) is 18.2 Å². The van der Waals surface area contributed by atoms with E-state index < -0.39 is 0 Å². The summed E-state index contributed by atoms with van der Waals surface area (Å²) >= 11 is 0. The van der Waals surface area contributed by atoms with Crippen LogP contribution in [-0.2, 0) is 0 Å². The Morgan fingerprint density at radius 3 is 2.06 bits per heavy atom. The van der Waals surface area contributed by atoms with Crippen molar-refractivity contribution >= 4 is 0 Å². The zero-order valence-electron chi connectivity index (χ0n) is 10.6. The van der Waals surface area contributed by atoms with Crippen LogP contribution in [0.3, 0.4) is 0 Å². The van der Waals surface area contributed by atoms with Gasteiger partial charge in [0.2, 0.25) is 0 Å². The summed E-state index contributed by atoms with van der Waals surface area (Å²) < 4.78 is 6.07. The third-order valence-electron chi connectivity index (χ3n) is 3.46. The van der Waals surface area contributed by atoms with Crippen LogP contribution in [0.1, 0.15) is 43.7 Å². The van der Waals surface area contributed by atoms with Gasteiger partial charge in [-0.3, -0.25) is 0 Å². The van der Waals surface area contributed by atoms with Crippen molar-refractivity contribution in [2.24, 2.45) is 5.92 Å². The Bertz CT molecular complexity index is 328. The molecular weight excluding hydrogens is 196 g/mol. The van der Waals surface area contributed by atoms with Gasteiger partial charge in [-0.15, -0.1) is 0 Å². The van der Waals surface area contributed by atoms with Crippen LogP contribution in [-0.4, -0.2) is 6.10 Å². The van der Waals surface area contributed by atoms with E-state index in [2.05, 4.69) is 39.0 Å². The number of aryl methyl sites for hydroxylation is 2. The largest absolute Gasteiger partial charge is 0.490 e. The van der Waals surface area contributed by atoms with Gasteiger partial charge in [0.15, 0.2) is 0 Å². The number of ether oxygens (including phenoxy) is 1. The number of benzene rings is 1. The lowest BCUT2D eigenvalue weighted by Crippen LogP contribution is -2.23. The zero-order chi connectivity index (χ0) is 11.5. The van der Waals surface area contributed by atoms with E-state index in [9.17, 15) is 0 Å². The molecule has 1 heteroatoms. The van der Waals surface area contributed by atoms with Gasteiger partial charge in [0, 0.05) is 0 Å².